The molecule has 24 heavy (non-hydrogen) atoms. The summed E-state index contributed by atoms with van der Waals surface area (Å²) in [5.74, 6) is 0.996. The Balaban J connectivity index is 1.87. The van der Waals surface area contributed by atoms with Gasteiger partial charge in [0.1, 0.15) is 11.9 Å². The standard InChI is InChI=1S/C19H30N2O3/c1-19(2,3)17(20-4)18(23)21-11-9-16(10-12-21)24-15-7-5-14(13-22)6-8-15/h5-8,16-17,20,22H,9-13H2,1-4H3/t17-/m1/s1. The maximum atomic E-state index is 12.7. The third-order valence-electron chi connectivity index (χ3n) is 4.56. The van der Waals surface area contributed by atoms with Crippen LogP contribution in [0.2, 0.25) is 0 Å². The minimum Gasteiger partial charge on any atom is -0.490 e. The second-order valence-electron chi connectivity index (χ2n) is 7.53. The van der Waals surface area contributed by atoms with Crippen LogP contribution in [0.4, 0.5) is 0 Å². The van der Waals surface area contributed by atoms with Crippen molar-refractivity contribution in [3.05, 3.63) is 29.8 Å². The zero-order chi connectivity index (χ0) is 17.7. The van der Waals surface area contributed by atoms with Crippen LogP contribution in [-0.2, 0) is 11.4 Å². The number of nitrogens with one attached hydrogen (secondary N) is 1. The SMILES string of the molecule is CN[C@H](C(=O)N1CCC(Oc2ccc(CO)cc2)CC1)C(C)(C)C. The highest BCUT2D eigenvalue weighted by Crippen LogP contribution is 2.24. The number of carbonyl (C=O) groups excluding carboxylic acids is 1. The molecule has 134 valence electrons. The molecule has 2 rings (SSSR count). The largest absolute Gasteiger partial charge is 0.490 e. The molecule has 2 N–H and O–H groups in total. The molecule has 0 bridgehead atoms. The van der Waals surface area contributed by atoms with Crippen molar-refractivity contribution in [3.63, 3.8) is 0 Å². The number of amides is 1. The minimum atomic E-state index is -0.166. The van der Waals surface area contributed by atoms with Crippen molar-refractivity contribution < 1.29 is 14.6 Å². The molecule has 5 nitrogen and oxygen atoms in total. The van der Waals surface area contributed by atoms with Crippen LogP contribution in [0.25, 0.3) is 0 Å². The van der Waals surface area contributed by atoms with E-state index in [4.69, 9.17) is 9.84 Å². The molecule has 1 aromatic carbocycles. The van der Waals surface area contributed by atoms with E-state index in [-0.39, 0.29) is 30.1 Å². The maximum Gasteiger partial charge on any atom is 0.240 e. The molecular formula is C19H30N2O3. The molecule has 1 heterocycles. The first kappa shape index (κ1) is 18.7. The van der Waals surface area contributed by atoms with Gasteiger partial charge in [-0.15, -0.1) is 0 Å². The third-order valence-corrected chi connectivity index (χ3v) is 4.56. The zero-order valence-electron chi connectivity index (χ0n) is 15.2. The fourth-order valence-electron chi connectivity index (χ4n) is 3.17. The molecule has 0 radical (unpaired) electrons. The molecule has 0 saturated carbocycles. The van der Waals surface area contributed by atoms with Gasteiger partial charge in [-0.05, 0) is 30.2 Å². The van der Waals surface area contributed by atoms with Gasteiger partial charge < -0.3 is 20.1 Å². The predicted molar refractivity (Wildman–Crippen MR) is 94.9 cm³/mol. The van der Waals surface area contributed by atoms with Gasteiger partial charge in [0, 0.05) is 25.9 Å². The van der Waals surface area contributed by atoms with Crippen molar-refractivity contribution in [2.24, 2.45) is 5.41 Å². The van der Waals surface area contributed by atoms with E-state index in [1.165, 1.54) is 0 Å². The lowest BCUT2D eigenvalue weighted by molar-refractivity contribution is -0.137. The van der Waals surface area contributed by atoms with Crippen LogP contribution in [0.3, 0.4) is 0 Å². The Bertz CT molecular complexity index is 529. The summed E-state index contributed by atoms with van der Waals surface area (Å²) < 4.78 is 6.00. The molecular weight excluding hydrogens is 304 g/mol. The number of carbonyl (C=O) groups is 1. The van der Waals surface area contributed by atoms with Gasteiger partial charge in [-0.3, -0.25) is 4.79 Å². The van der Waals surface area contributed by atoms with Gasteiger partial charge >= 0.3 is 0 Å². The number of benzene rings is 1. The van der Waals surface area contributed by atoms with Gasteiger partial charge in [0.05, 0.1) is 12.6 Å². The van der Waals surface area contributed by atoms with Crippen LogP contribution in [0.1, 0.15) is 39.2 Å². The molecule has 1 amide bonds. The first-order chi connectivity index (χ1) is 11.3. The number of ether oxygens (including phenoxy) is 1. The molecule has 1 aliphatic rings. The Morgan fingerprint density at radius 3 is 2.33 bits per heavy atom. The van der Waals surface area contributed by atoms with E-state index in [0.717, 1.165) is 37.2 Å². The van der Waals surface area contributed by atoms with Crippen LogP contribution in [0.5, 0.6) is 5.75 Å². The van der Waals surface area contributed by atoms with Crippen LogP contribution < -0.4 is 10.1 Å². The topological polar surface area (TPSA) is 61.8 Å². The Labute approximate surface area is 145 Å². The van der Waals surface area contributed by atoms with Gasteiger partial charge in [0.2, 0.25) is 5.91 Å². The number of likely N-dealkylation sites (tertiary alicyclic amines) is 1. The molecule has 1 saturated heterocycles. The predicted octanol–water partition coefficient (Wildman–Crippen LogP) is 2.18. The maximum absolute atomic E-state index is 12.7. The second kappa shape index (κ2) is 7.99. The Hall–Kier alpha value is -1.59. The van der Waals surface area contributed by atoms with Gasteiger partial charge in [-0.1, -0.05) is 32.9 Å². The molecule has 1 atom stereocenters. The van der Waals surface area contributed by atoms with E-state index in [1.807, 2.05) is 36.2 Å². The van der Waals surface area contributed by atoms with Gasteiger partial charge in [-0.2, -0.15) is 0 Å². The third kappa shape index (κ3) is 4.71. The molecule has 1 aromatic rings. The van der Waals surface area contributed by atoms with Crippen molar-refractivity contribution in [2.45, 2.75) is 52.4 Å². The molecule has 0 unspecified atom stereocenters. The zero-order valence-corrected chi connectivity index (χ0v) is 15.2. The quantitative estimate of drug-likeness (QED) is 0.866. The lowest BCUT2D eigenvalue weighted by Crippen LogP contribution is -2.54. The van der Waals surface area contributed by atoms with Gasteiger partial charge in [-0.25, -0.2) is 0 Å². The van der Waals surface area contributed by atoms with E-state index in [9.17, 15) is 4.79 Å². The Morgan fingerprint density at radius 1 is 1.29 bits per heavy atom. The smallest absolute Gasteiger partial charge is 0.240 e. The van der Waals surface area contributed by atoms with Crippen LogP contribution >= 0.6 is 0 Å². The summed E-state index contributed by atoms with van der Waals surface area (Å²) in [6, 6.07) is 7.35. The summed E-state index contributed by atoms with van der Waals surface area (Å²) in [5.41, 5.74) is 0.774. The molecule has 5 heteroatoms. The fraction of sp³-hybridized carbons (Fsp3) is 0.632. The number of likely N-dealkylation sites (N-methyl/N-ethyl adjacent to an activating group) is 1. The van der Waals surface area contributed by atoms with E-state index in [2.05, 4.69) is 26.1 Å². The summed E-state index contributed by atoms with van der Waals surface area (Å²) in [7, 11) is 1.85. The van der Waals surface area contributed by atoms with E-state index < -0.39 is 0 Å². The van der Waals surface area contributed by atoms with Crippen LogP contribution in [0.15, 0.2) is 24.3 Å². The number of hydrogen-bond acceptors (Lipinski definition) is 4. The lowest BCUT2D eigenvalue weighted by Gasteiger charge is -2.38. The van der Waals surface area contributed by atoms with Crippen molar-refractivity contribution >= 4 is 5.91 Å². The summed E-state index contributed by atoms with van der Waals surface area (Å²) >= 11 is 0. The fourth-order valence-corrected chi connectivity index (χ4v) is 3.17. The molecule has 1 aliphatic heterocycles. The highest BCUT2D eigenvalue weighted by molar-refractivity contribution is 5.82. The van der Waals surface area contributed by atoms with Crippen molar-refractivity contribution in [1.82, 2.24) is 10.2 Å². The van der Waals surface area contributed by atoms with Crippen molar-refractivity contribution in [2.75, 3.05) is 20.1 Å². The number of rotatable bonds is 5. The molecule has 0 aromatic heterocycles. The van der Waals surface area contributed by atoms with Crippen molar-refractivity contribution in [3.8, 4) is 5.75 Å². The summed E-state index contributed by atoms with van der Waals surface area (Å²) in [4.78, 5) is 14.7. The van der Waals surface area contributed by atoms with Gasteiger partial charge in [0.25, 0.3) is 0 Å². The number of piperidine rings is 1. The Morgan fingerprint density at radius 2 is 1.88 bits per heavy atom. The molecule has 0 spiro atoms. The van der Waals surface area contributed by atoms with Crippen LogP contribution in [0, 0.1) is 5.41 Å². The van der Waals surface area contributed by atoms with Gasteiger partial charge in [0.15, 0.2) is 0 Å². The highest BCUT2D eigenvalue weighted by atomic mass is 16.5. The van der Waals surface area contributed by atoms with Crippen molar-refractivity contribution in [1.29, 1.82) is 0 Å². The van der Waals surface area contributed by atoms with E-state index >= 15 is 0 Å². The summed E-state index contributed by atoms with van der Waals surface area (Å²) in [6.07, 6.45) is 1.82. The number of aliphatic hydroxyl groups excluding tert-OH is 1. The first-order valence-electron chi connectivity index (χ1n) is 8.67. The normalized spacial score (nSPS) is 17.6. The average Bonchev–Trinajstić information content (AvgIpc) is 2.55. The summed E-state index contributed by atoms with van der Waals surface area (Å²) in [6.45, 7) is 7.74. The monoisotopic (exact) mass is 334 g/mol. The van der Waals surface area contributed by atoms with E-state index in [1.54, 1.807) is 0 Å². The first-order valence-corrected chi connectivity index (χ1v) is 8.67. The lowest BCUT2D eigenvalue weighted by atomic mass is 9.85. The molecule has 0 aliphatic carbocycles. The highest BCUT2D eigenvalue weighted by Gasteiger charge is 2.34. The molecule has 1 fully saturated rings. The van der Waals surface area contributed by atoms with E-state index in [0.29, 0.717) is 0 Å². The average molecular weight is 334 g/mol. The number of aliphatic hydroxyl groups is 1. The summed E-state index contributed by atoms with van der Waals surface area (Å²) in [5, 5.41) is 12.2. The second-order valence-corrected chi connectivity index (χ2v) is 7.53. The minimum absolute atomic E-state index is 0.0428. The number of hydrogen-bond donors (Lipinski definition) is 2. The number of nitrogens with zero attached hydrogens (tertiary/aromatic N) is 1. The Kier molecular flexibility index (Phi) is 6.24. The van der Waals surface area contributed by atoms with Crippen LogP contribution in [-0.4, -0.2) is 48.2 Å².